The summed E-state index contributed by atoms with van der Waals surface area (Å²) in [6.45, 7) is 3.37. The maximum atomic E-state index is 13.4. The monoisotopic (exact) mass is 207 g/mol. The molecule has 1 aromatic carbocycles. The molecule has 0 atom stereocenters. The standard InChI is InChI=1S/C12H14FNO/c1-3-10(13)9-7-5-6-8-11(9)14-12(15)4-2/h3,5-8H,4H2,1-2H3,(H,14,15)/b10-3-. The molecule has 0 spiro atoms. The lowest BCUT2D eigenvalue weighted by atomic mass is 10.1. The molecule has 1 rings (SSSR count). The molecule has 0 aliphatic rings. The first-order valence-electron chi connectivity index (χ1n) is 4.90. The summed E-state index contributed by atoms with van der Waals surface area (Å²) in [6.07, 6.45) is 1.75. The van der Waals surface area contributed by atoms with Crippen LogP contribution in [0.3, 0.4) is 0 Å². The van der Waals surface area contributed by atoms with Crippen LogP contribution in [0.1, 0.15) is 25.8 Å². The van der Waals surface area contributed by atoms with Crippen LogP contribution in [-0.4, -0.2) is 5.91 Å². The Morgan fingerprint density at radius 3 is 2.73 bits per heavy atom. The molecule has 0 radical (unpaired) electrons. The van der Waals surface area contributed by atoms with Crippen LogP contribution in [0.2, 0.25) is 0 Å². The quantitative estimate of drug-likeness (QED) is 0.808. The van der Waals surface area contributed by atoms with Gasteiger partial charge in [0.05, 0.1) is 5.69 Å². The number of carbonyl (C=O) groups excluding carboxylic acids is 1. The Morgan fingerprint density at radius 1 is 1.47 bits per heavy atom. The molecule has 0 bridgehead atoms. The first-order chi connectivity index (χ1) is 7.19. The van der Waals surface area contributed by atoms with Gasteiger partial charge in [-0.3, -0.25) is 4.79 Å². The van der Waals surface area contributed by atoms with Crippen LogP contribution >= 0.6 is 0 Å². The molecule has 1 N–H and O–H groups in total. The predicted octanol–water partition coefficient (Wildman–Crippen LogP) is 3.37. The number of hydrogen-bond donors (Lipinski definition) is 1. The third-order valence-corrected chi connectivity index (χ3v) is 2.03. The molecule has 1 amide bonds. The number of allylic oxidation sites excluding steroid dienone is 1. The van der Waals surface area contributed by atoms with Crippen molar-refractivity contribution in [2.24, 2.45) is 0 Å². The van der Waals surface area contributed by atoms with E-state index in [1.165, 1.54) is 6.08 Å². The van der Waals surface area contributed by atoms with Gasteiger partial charge in [0.2, 0.25) is 5.91 Å². The van der Waals surface area contributed by atoms with Gasteiger partial charge in [-0.15, -0.1) is 0 Å². The van der Waals surface area contributed by atoms with Crippen molar-refractivity contribution in [3.8, 4) is 0 Å². The zero-order chi connectivity index (χ0) is 11.3. The van der Waals surface area contributed by atoms with Crippen molar-refractivity contribution >= 4 is 17.4 Å². The van der Waals surface area contributed by atoms with Gasteiger partial charge >= 0.3 is 0 Å². The number of nitrogens with one attached hydrogen (secondary N) is 1. The summed E-state index contributed by atoms with van der Waals surface area (Å²) in [5, 5.41) is 2.66. The van der Waals surface area contributed by atoms with E-state index in [9.17, 15) is 9.18 Å². The molecule has 0 heterocycles. The van der Waals surface area contributed by atoms with Crippen LogP contribution < -0.4 is 5.32 Å². The average Bonchev–Trinajstić information content (AvgIpc) is 2.28. The molecule has 0 saturated heterocycles. The number of carbonyl (C=O) groups is 1. The van der Waals surface area contributed by atoms with Crippen LogP contribution in [0.5, 0.6) is 0 Å². The van der Waals surface area contributed by atoms with Gasteiger partial charge in [0.1, 0.15) is 5.83 Å². The van der Waals surface area contributed by atoms with Crippen molar-refractivity contribution in [1.82, 2.24) is 0 Å². The minimum atomic E-state index is -0.331. The Labute approximate surface area is 88.8 Å². The first kappa shape index (κ1) is 11.4. The maximum Gasteiger partial charge on any atom is 0.224 e. The number of rotatable bonds is 3. The molecule has 0 aliphatic carbocycles. The number of anilines is 1. The molecule has 0 unspecified atom stereocenters. The number of para-hydroxylation sites is 1. The highest BCUT2D eigenvalue weighted by Crippen LogP contribution is 2.24. The van der Waals surface area contributed by atoms with Crippen molar-refractivity contribution in [2.45, 2.75) is 20.3 Å². The number of amides is 1. The maximum absolute atomic E-state index is 13.4. The Morgan fingerprint density at radius 2 is 2.13 bits per heavy atom. The summed E-state index contributed by atoms with van der Waals surface area (Å²) in [5.41, 5.74) is 0.932. The Hall–Kier alpha value is -1.64. The molecule has 0 aliphatic heterocycles. The van der Waals surface area contributed by atoms with E-state index in [0.717, 1.165) is 0 Å². The smallest absolute Gasteiger partial charge is 0.224 e. The SMILES string of the molecule is C/C=C(\F)c1ccccc1NC(=O)CC. The van der Waals surface area contributed by atoms with Crippen LogP contribution in [0.25, 0.3) is 5.83 Å². The minimum Gasteiger partial charge on any atom is -0.325 e. The van der Waals surface area contributed by atoms with E-state index in [2.05, 4.69) is 5.32 Å². The van der Waals surface area contributed by atoms with E-state index in [1.54, 1.807) is 38.1 Å². The molecule has 15 heavy (non-hydrogen) atoms. The Balaban J connectivity index is 3.01. The van der Waals surface area contributed by atoms with Crippen LogP contribution in [0.4, 0.5) is 10.1 Å². The summed E-state index contributed by atoms with van der Waals surface area (Å²) >= 11 is 0. The third-order valence-electron chi connectivity index (χ3n) is 2.03. The zero-order valence-corrected chi connectivity index (χ0v) is 8.88. The van der Waals surface area contributed by atoms with Crippen molar-refractivity contribution in [2.75, 3.05) is 5.32 Å². The van der Waals surface area contributed by atoms with Crippen molar-refractivity contribution in [3.63, 3.8) is 0 Å². The fourth-order valence-corrected chi connectivity index (χ4v) is 1.19. The second-order valence-electron chi connectivity index (χ2n) is 3.08. The lowest BCUT2D eigenvalue weighted by Gasteiger charge is -2.08. The molecule has 80 valence electrons. The summed E-state index contributed by atoms with van der Waals surface area (Å²) in [7, 11) is 0. The van der Waals surface area contributed by atoms with Gasteiger partial charge in [-0.25, -0.2) is 4.39 Å². The van der Waals surface area contributed by atoms with E-state index in [-0.39, 0.29) is 11.7 Å². The van der Waals surface area contributed by atoms with Gasteiger partial charge in [-0.2, -0.15) is 0 Å². The summed E-state index contributed by atoms with van der Waals surface area (Å²) in [4.78, 5) is 11.2. The number of hydrogen-bond acceptors (Lipinski definition) is 1. The molecule has 1 aromatic rings. The van der Waals surface area contributed by atoms with Gasteiger partial charge < -0.3 is 5.32 Å². The molecule has 0 fully saturated rings. The van der Waals surface area contributed by atoms with E-state index in [1.807, 2.05) is 0 Å². The largest absolute Gasteiger partial charge is 0.325 e. The second kappa shape index (κ2) is 5.29. The Bertz CT molecular complexity index is 385. The van der Waals surface area contributed by atoms with Gasteiger partial charge in [-0.1, -0.05) is 25.1 Å². The van der Waals surface area contributed by atoms with Gasteiger partial charge in [0.25, 0.3) is 0 Å². The normalized spacial score (nSPS) is 11.3. The summed E-state index contributed by atoms with van der Waals surface area (Å²) in [5.74, 6) is -0.451. The molecular formula is C12H14FNO. The molecule has 0 aromatic heterocycles. The fourth-order valence-electron chi connectivity index (χ4n) is 1.19. The third kappa shape index (κ3) is 2.91. The van der Waals surface area contributed by atoms with E-state index >= 15 is 0 Å². The summed E-state index contributed by atoms with van der Waals surface area (Å²) in [6, 6.07) is 6.82. The highest BCUT2D eigenvalue weighted by molar-refractivity contribution is 5.93. The van der Waals surface area contributed by atoms with Crippen molar-refractivity contribution < 1.29 is 9.18 Å². The van der Waals surface area contributed by atoms with E-state index in [4.69, 9.17) is 0 Å². The molecule has 3 heteroatoms. The van der Waals surface area contributed by atoms with Crippen LogP contribution in [0.15, 0.2) is 30.3 Å². The molecular weight excluding hydrogens is 193 g/mol. The lowest BCUT2D eigenvalue weighted by Crippen LogP contribution is -2.10. The highest BCUT2D eigenvalue weighted by atomic mass is 19.1. The highest BCUT2D eigenvalue weighted by Gasteiger charge is 2.07. The minimum absolute atomic E-state index is 0.119. The fraction of sp³-hybridized carbons (Fsp3) is 0.250. The van der Waals surface area contributed by atoms with E-state index in [0.29, 0.717) is 17.7 Å². The summed E-state index contributed by atoms with van der Waals surface area (Å²) < 4.78 is 13.4. The van der Waals surface area contributed by atoms with Crippen LogP contribution in [-0.2, 0) is 4.79 Å². The van der Waals surface area contributed by atoms with Crippen molar-refractivity contribution in [1.29, 1.82) is 0 Å². The van der Waals surface area contributed by atoms with E-state index < -0.39 is 0 Å². The molecule has 0 saturated carbocycles. The first-order valence-corrected chi connectivity index (χ1v) is 4.90. The second-order valence-corrected chi connectivity index (χ2v) is 3.08. The van der Waals surface area contributed by atoms with Gasteiger partial charge in [-0.05, 0) is 19.1 Å². The van der Waals surface area contributed by atoms with Crippen molar-refractivity contribution in [3.05, 3.63) is 35.9 Å². The topological polar surface area (TPSA) is 29.1 Å². The Kier molecular flexibility index (Phi) is 4.03. The number of benzene rings is 1. The average molecular weight is 207 g/mol. The zero-order valence-electron chi connectivity index (χ0n) is 8.88. The number of halogens is 1. The molecule has 2 nitrogen and oxygen atoms in total. The predicted molar refractivity (Wildman–Crippen MR) is 60.1 cm³/mol. The van der Waals surface area contributed by atoms with Gasteiger partial charge in [0, 0.05) is 12.0 Å². The lowest BCUT2D eigenvalue weighted by molar-refractivity contribution is -0.115. The van der Waals surface area contributed by atoms with Gasteiger partial charge in [0.15, 0.2) is 0 Å². The van der Waals surface area contributed by atoms with Crippen LogP contribution in [0, 0.1) is 0 Å².